The van der Waals surface area contributed by atoms with Gasteiger partial charge in [0.15, 0.2) is 0 Å². The molecule has 0 radical (unpaired) electrons. The van der Waals surface area contributed by atoms with Crippen molar-refractivity contribution in [1.82, 2.24) is 9.21 Å². The predicted octanol–water partition coefficient (Wildman–Crippen LogP) is 2.07. The number of piperazine rings is 1. The number of hydrogen-bond acceptors (Lipinski definition) is 4. The minimum Gasteiger partial charge on any atom is -0.478 e. The molecule has 1 fully saturated rings. The van der Waals surface area contributed by atoms with Gasteiger partial charge in [-0.15, -0.1) is 0 Å². The third kappa shape index (κ3) is 4.71. The first-order chi connectivity index (χ1) is 12.9. The summed E-state index contributed by atoms with van der Waals surface area (Å²) >= 11 is 0. The van der Waals surface area contributed by atoms with Crippen LogP contribution in [0.5, 0.6) is 0 Å². The maximum atomic E-state index is 12.9. The maximum Gasteiger partial charge on any atom is 0.335 e. The molecule has 1 saturated heterocycles. The minimum absolute atomic E-state index is 0.00200. The summed E-state index contributed by atoms with van der Waals surface area (Å²) in [5.41, 5.74) is 0.992. The van der Waals surface area contributed by atoms with Gasteiger partial charge in [-0.1, -0.05) is 18.2 Å². The normalized spacial score (nSPS) is 16.3. The van der Waals surface area contributed by atoms with Crippen molar-refractivity contribution in [3.05, 3.63) is 65.5 Å². The topological polar surface area (TPSA) is 77.9 Å². The highest BCUT2D eigenvalue weighted by Gasteiger charge is 2.28. The number of carboxylic acids is 1. The molecule has 1 aliphatic heterocycles. The van der Waals surface area contributed by atoms with Gasteiger partial charge in [0.1, 0.15) is 5.82 Å². The highest BCUT2D eigenvalue weighted by atomic mass is 32.2. The molecule has 1 N–H and O–H groups in total. The molecule has 0 bridgehead atoms. The molecule has 144 valence electrons. The van der Waals surface area contributed by atoms with E-state index in [2.05, 4.69) is 4.90 Å². The molecule has 0 aromatic heterocycles. The number of aromatic carboxylic acids is 1. The van der Waals surface area contributed by atoms with Crippen molar-refractivity contribution in [1.29, 1.82) is 0 Å². The fourth-order valence-corrected chi connectivity index (χ4v) is 4.54. The number of nitrogens with zero attached hydrogens (tertiary/aromatic N) is 2. The van der Waals surface area contributed by atoms with Crippen LogP contribution < -0.4 is 0 Å². The standard InChI is InChI=1S/C19H21FN2O4S/c20-17-6-4-15(5-7-17)8-9-21-10-12-22(13-11-21)27(25,26)18-3-1-2-16(14-18)19(23)24/h1-7,14H,8-13H2,(H,23,24). The van der Waals surface area contributed by atoms with E-state index >= 15 is 0 Å². The fraction of sp³-hybridized carbons (Fsp3) is 0.316. The molecule has 8 heteroatoms. The number of benzene rings is 2. The van der Waals surface area contributed by atoms with Gasteiger partial charge in [0.25, 0.3) is 0 Å². The summed E-state index contributed by atoms with van der Waals surface area (Å²) in [4.78, 5) is 13.2. The first kappa shape index (κ1) is 19.5. The summed E-state index contributed by atoms with van der Waals surface area (Å²) < 4.78 is 39.8. The molecule has 0 amide bonds. The third-order valence-electron chi connectivity index (χ3n) is 4.68. The Morgan fingerprint density at radius 2 is 1.70 bits per heavy atom. The van der Waals surface area contributed by atoms with Crippen molar-refractivity contribution in [2.45, 2.75) is 11.3 Å². The molecule has 1 heterocycles. The lowest BCUT2D eigenvalue weighted by Gasteiger charge is -2.34. The molecule has 0 unspecified atom stereocenters. The molecule has 0 spiro atoms. The Morgan fingerprint density at radius 1 is 1.04 bits per heavy atom. The van der Waals surface area contributed by atoms with E-state index in [4.69, 9.17) is 5.11 Å². The number of carboxylic acid groups (broad SMARTS) is 1. The molecule has 0 aliphatic carbocycles. The Bertz CT molecular complexity index is 908. The van der Waals surface area contributed by atoms with Crippen molar-refractivity contribution in [2.24, 2.45) is 0 Å². The van der Waals surface area contributed by atoms with Gasteiger partial charge in [0, 0.05) is 32.7 Å². The second kappa shape index (κ2) is 8.16. The summed E-state index contributed by atoms with van der Waals surface area (Å²) in [6.07, 6.45) is 0.772. The van der Waals surface area contributed by atoms with Gasteiger partial charge in [-0.05, 0) is 42.3 Å². The monoisotopic (exact) mass is 392 g/mol. The molecule has 2 aromatic rings. The van der Waals surface area contributed by atoms with E-state index in [1.165, 1.54) is 40.7 Å². The van der Waals surface area contributed by atoms with Crippen LogP contribution in [0.2, 0.25) is 0 Å². The highest BCUT2D eigenvalue weighted by Crippen LogP contribution is 2.19. The number of rotatable bonds is 6. The molecular formula is C19H21FN2O4S. The van der Waals surface area contributed by atoms with Gasteiger partial charge in [-0.25, -0.2) is 17.6 Å². The Kier molecular flexibility index (Phi) is 5.88. The van der Waals surface area contributed by atoms with Gasteiger partial charge in [0.2, 0.25) is 10.0 Å². The fourth-order valence-electron chi connectivity index (χ4n) is 3.07. The molecule has 0 saturated carbocycles. The lowest BCUT2D eigenvalue weighted by Crippen LogP contribution is -2.49. The summed E-state index contributed by atoms with van der Waals surface area (Å²) in [6, 6.07) is 11.8. The number of halogens is 1. The molecule has 0 atom stereocenters. The van der Waals surface area contributed by atoms with E-state index in [1.54, 1.807) is 12.1 Å². The van der Waals surface area contributed by atoms with Crippen molar-refractivity contribution in [2.75, 3.05) is 32.7 Å². The van der Waals surface area contributed by atoms with E-state index in [0.29, 0.717) is 26.2 Å². The van der Waals surface area contributed by atoms with Crippen molar-refractivity contribution >= 4 is 16.0 Å². The summed E-state index contributed by atoms with van der Waals surface area (Å²) in [5, 5.41) is 9.05. The Labute approximate surface area is 157 Å². The van der Waals surface area contributed by atoms with Gasteiger partial charge < -0.3 is 10.0 Å². The second-order valence-corrected chi connectivity index (χ2v) is 8.39. The predicted molar refractivity (Wildman–Crippen MR) is 98.7 cm³/mol. The average molecular weight is 392 g/mol. The Balaban J connectivity index is 1.58. The minimum atomic E-state index is -3.71. The van der Waals surface area contributed by atoms with Gasteiger partial charge >= 0.3 is 5.97 Å². The quantitative estimate of drug-likeness (QED) is 0.814. The van der Waals surface area contributed by atoms with Crippen LogP contribution in [0.3, 0.4) is 0 Å². The highest BCUT2D eigenvalue weighted by molar-refractivity contribution is 7.89. The number of hydrogen-bond donors (Lipinski definition) is 1. The van der Waals surface area contributed by atoms with Crippen LogP contribution in [0.25, 0.3) is 0 Å². The maximum absolute atomic E-state index is 12.9. The summed E-state index contributed by atoms with van der Waals surface area (Å²) in [6.45, 7) is 2.66. The van der Waals surface area contributed by atoms with Gasteiger partial charge in [0.05, 0.1) is 10.5 Å². The number of sulfonamides is 1. The molecule has 1 aliphatic rings. The molecule has 2 aromatic carbocycles. The summed E-state index contributed by atoms with van der Waals surface area (Å²) in [7, 11) is -3.71. The van der Waals surface area contributed by atoms with E-state index in [0.717, 1.165) is 18.5 Å². The SMILES string of the molecule is O=C(O)c1cccc(S(=O)(=O)N2CCN(CCc3ccc(F)cc3)CC2)c1. The van der Waals surface area contributed by atoms with Crippen LogP contribution in [0, 0.1) is 5.82 Å². The lowest BCUT2D eigenvalue weighted by atomic mass is 10.1. The second-order valence-electron chi connectivity index (χ2n) is 6.46. The zero-order chi connectivity index (χ0) is 19.4. The van der Waals surface area contributed by atoms with E-state index in [-0.39, 0.29) is 16.3 Å². The van der Waals surface area contributed by atoms with Crippen LogP contribution >= 0.6 is 0 Å². The molecular weight excluding hydrogens is 371 g/mol. The van der Waals surface area contributed by atoms with Crippen LogP contribution in [0.15, 0.2) is 53.4 Å². The van der Waals surface area contributed by atoms with E-state index < -0.39 is 16.0 Å². The third-order valence-corrected chi connectivity index (χ3v) is 6.57. The lowest BCUT2D eigenvalue weighted by molar-refractivity contribution is 0.0696. The van der Waals surface area contributed by atoms with Crippen LogP contribution in [0.4, 0.5) is 4.39 Å². The van der Waals surface area contributed by atoms with Crippen LogP contribution in [-0.4, -0.2) is 61.4 Å². The van der Waals surface area contributed by atoms with E-state index in [9.17, 15) is 17.6 Å². The zero-order valence-corrected chi connectivity index (χ0v) is 15.5. The average Bonchev–Trinajstić information content (AvgIpc) is 2.68. The van der Waals surface area contributed by atoms with Crippen molar-refractivity contribution in [3.8, 4) is 0 Å². The van der Waals surface area contributed by atoms with Crippen molar-refractivity contribution < 1.29 is 22.7 Å². The van der Waals surface area contributed by atoms with Crippen molar-refractivity contribution in [3.63, 3.8) is 0 Å². The molecule has 6 nitrogen and oxygen atoms in total. The Morgan fingerprint density at radius 3 is 2.33 bits per heavy atom. The van der Waals surface area contributed by atoms with E-state index in [1.807, 2.05) is 0 Å². The van der Waals surface area contributed by atoms with Gasteiger partial charge in [-0.3, -0.25) is 0 Å². The number of carbonyl (C=O) groups is 1. The summed E-state index contributed by atoms with van der Waals surface area (Å²) in [5.74, 6) is -1.41. The zero-order valence-electron chi connectivity index (χ0n) is 14.7. The van der Waals surface area contributed by atoms with Crippen LogP contribution in [-0.2, 0) is 16.4 Å². The smallest absolute Gasteiger partial charge is 0.335 e. The Hall–Kier alpha value is -2.29. The first-order valence-electron chi connectivity index (χ1n) is 8.66. The molecule has 3 rings (SSSR count). The van der Waals surface area contributed by atoms with Crippen LogP contribution in [0.1, 0.15) is 15.9 Å². The van der Waals surface area contributed by atoms with Gasteiger partial charge in [-0.2, -0.15) is 4.31 Å². The molecule has 27 heavy (non-hydrogen) atoms. The largest absolute Gasteiger partial charge is 0.478 e. The first-order valence-corrected chi connectivity index (χ1v) is 10.1.